The second kappa shape index (κ2) is 8.20. The molecule has 168 valence electrons. The first-order valence-electron chi connectivity index (χ1n) is 11.1. The molecule has 0 radical (unpaired) electrons. The second-order valence-electron chi connectivity index (χ2n) is 8.77. The van der Waals surface area contributed by atoms with Crippen molar-refractivity contribution in [2.45, 2.75) is 39.8 Å². The van der Waals surface area contributed by atoms with Crippen molar-refractivity contribution in [3.8, 4) is 11.1 Å². The zero-order valence-electron chi connectivity index (χ0n) is 19.0. The first-order chi connectivity index (χ1) is 15.9. The molecule has 1 aliphatic heterocycles. The normalized spacial score (nSPS) is 13.9. The van der Waals surface area contributed by atoms with Gasteiger partial charge in [-0.15, -0.1) is 0 Å². The number of amides is 1. The average molecular weight is 442 g/mol. The Bertz CT molecular complexity index is 1360. The molecule has 0 bridgehead atoms. The maximum Gasteiger partial charge on any atom is 0.244 e. The third-order valence-corrected chi connectivity index (χ3v) is 6.24. The third kappa shape index (κ3) is 4.00. The topological polar surface area (TPSA) is 102 Å². The molecule has 3 aromatic heterocycles. The summed E-state index contributed by atoms with van der Waals surface area (Å²) in [7, 11) is 0. The van der Waals surface area contributed by atoms with Crippen LogP contribution in [0.2, 0.25) is 0 Å². The van der Waals surface area contributed by atoms with Crippen molar-refractivity contribution < 1.29 is 4.79 Å². The Hall–Kier alpha value is -3.94. The van der Waals surface area contributed by atoms with Gasteiger partial charge in [-0.05, 0) is 49.4 Å². The number of nitrogens with zero attached hydrogens (tertiary/aromatic N) is 5. The minimum atomic E-state index is 0.0982. The Morgan fingerprint density at radius 2 is 1.91 bits per heavy atom. The third-order valence-electron chi connectivity index (χ3n) is 6.24. The molecule has 8 heteroatoms. The van der Waals surface area contributed by atoms with Gasteiger partial charge in [-0.1, -0.05) is 12.1 Å². The summed E-state index contributed by atoms with van der Waals surface area (Å²) in [6, 6.07) is 10.4. The molecule has 0 saturated carbocycles. The lowest BCUT2D eigenvalue weighted by Crippen LogP contribution is -2.38. The van der Waals surface area contributed by atoms with Gasteiger partial charge in [-0.3, -0.25) is 14.5 Å². The summed E-state index contributed by atoms with van der Waals surface area (Å²) < 4.78 is 1.79. The summed E-state index contributed by atoms with van der Waals surface area (Å²) in [5.74, 6) is 1.49. The molecule has 1 aliphatic rings. The molecule has 1 amide bonds. The SMILES string of the molecule is Cc1c(N)cncc1-c1ccc2cnc(Nc3cc4n(n3)CC(=O)N(C(C)C)CC4)cc2c1. The summed E-state index contributed by atoms with van der Waals surface area (Å²) in [6.07, 6.45) is 6.14. The Morgan fingerprint density at radius 1 is 1.06 bits per heavy atom. The van der Waals surface area contributed by atoms with Gasteiger partial charge in [0.25, 0.3) is 0 Å². The fraction of sp³-hybridized carbons (Fsp3) is 0.280. The highest BCUT2D eigenvalue weighted by Gasteiger charge is 2.23. The van der Waals surface area contributed by atoms with Crippen LogP contribution in [0.3, 0.4) is 0 Å². The first kappa shape index (κ1) is 20.9. The number of hydrogen-bond acceptors (Lipinski definition) is 6. The number of rotatable bonds is 4. The Balaban J connectivity index is 1.41. The van der Waals surface area contributed by atoms with E-state index in [0.717, 1.165) is 39.6 Å². The number of carbonyl (C=O) groups excluding carboxylic acids is 1. The Labute approximate surface area is 192 Å². The van der Waals surface area contributed by atoms with E-state index >= 15 is 0 Å². The summed E-state index contributed by atoms with van der Waals surface area (Å²) in [5, 5.41) is 10.0. The van der Waals surface area contributed by atoms with E-state index in [2.05, 4.69) is 38.6 Å². The fourth-order valence-corrected chi connectivity index (χ4v) is 4.32. The highest BCUT2D eigenvalue weighted by Crippen LogP contribution is 2.30. The van der Waals surface area contributed by atoms with Crippen molar-refractivity contribution >= 4 is 34.0 Å². The smallest absolute Gasteiger partial charge is 0.244 e. The maximum absolute atomic E-state index is 12.5. The molecule has 0 aliphatic carbocycles. The molecule has 33 heavy (non-hydrogen) atoms. The van der Waals surface area contributed by atoms with Crippen molar-refractivity contribution in [2.75, 3.05) is 17.6 Å². The van der Waals surface area contributed by atoms with Crippen LogP contribution in [0.1, 0.15) is 25.1 Å². The van der Waals surface area contributed by atoms with Gasteiger partial charge < -0.3 is 16.0 Å². The van der Waals surface area contributed by atoms with Crippen LogP contribution in [-0.2, 0) is 17.8 Å². The summed E-state index contributed by atoms with van der Waals surface area (Å²) in [4.78, 5) is 23.2. The van der Waals surface area contributed by atoms with E-state index in [-0.39, 0.29) is 18.5 Å². The van der Waals surface area contributed by atoms with Gasteiger partial charge in [0.05, 0.1) is 11.9 Å². The van der Waals surface area contributed by atoms with E-state index in [0.29, 0.717) is 23.9 Å². The van der Waals surface area contributed by atoms with E-state index in [1.165, 1.54) is 0 Å². The van der Waals surface area contributed by atoms with E-state index in [1.54, 1.807) is 10.9 Å². The van der Waals surface area contributed by atoms with Crippen LogP contribution in [-0.4, -0.2) is 43.1 Å². The predicted molar refractivity (Wildman–Crippen MR) is 130 cm³/mol. The predicted octanol–water partition coefficient (Wildman–Crippen LogP) is 3.92. The van der Waals surface area contributed by atoms with E-state index in [1.807, 2.05) is 50.2 Å². The monoisotopic (exact) mass is 441 g/mol. The van der Waals surface area contributed by atoms with Gasteiger partial charge in [-0.25, -0.2) is 4.98 Å². The summed E-state index contributed by atoms with van der Waals surface area (Å²) in [5.41, 5.74) is 10.9. The van der Waals surface area contributed by atoms with Crippen molar-refractivity contribution in [3.63, 3.8) is 0 Å². The van der Waals surface area contributed by atoms with Crippen LogP contribution in [0.15, 0.2) is 48.9 Å². The molecule has 0 unspecified atom stereocenters. The second-order valence-corrected chi connectivity index (χ2v) is 8.77. The first-order valence-corrected chi connectivity index (χ1v) is 11.1. The van der Waals surface area contributed by atoms with Crippen LogP contribution in [0.5, 0.6) is 0 Å². The van der Waals surface area contributed by atoms with E-state index in [4.69, 9.17) is 5.73 Å². The largest absolute Gasteiger partial charge is 0.397 e. The highest BCUT2D eigenvalue weighted by molar-refractivity contribution is 5.89. The lowest BCUT2D eigenvalue weighted by molar-refractivity contribution is -0.133. The number of nitrogens with one attached hydrogen (secondary N) is 1. The number of fused-ring (bicyclic) bond motifs is 2. The van der Waals surface area contributed by atoms with Crippen molar-refractivity contribution in [3.05, 3.63) is 60.2 Å². The zero-order valence-corrected chi connectivity index (χ0v) is 19.0. The molecule has 0 saturated heterocycles. The van der Waals surface area contributed by atoms with Gasteiger partial charge in [0, 0.05) is 54.1 Å². The van der Waals surface area contributed by atoms with Crippen LogP contribution in [0.25, 0.3) is 21.9 Å². The molecule has 5 rings (SSSR count). The average Bonchev–Trinajstić information content (AvgIpc) is 3.08. The molecule has 0 atom stereocenters. The van der Waals surface area contributed by atoms with Crippen LogP contribution in [0.4, 0.5) is 17.3 Å². The number of nitrogen functional groups attached to an aromatic ring is 1. The van der Waals surface area contributed by atoms with Gasteiger partial charge in [0.2, 0.25) is 5.91 Å². The fourth-order valence-electron chi connectivity index (χ4n) is 4.32. The maximum atomic E-state index is 12.5. The minimum Gasteiger partial charge on any atom is -0.397 e. The molecule has 4 heterocycles. The molecule has 4 aromatic rings. The Morgan fingerprint density at radius 3 is 2.73 bits per heavy atom. The molecular weight excluding hydrogens is 414 g/mol. The van der Waals surface area contributed by atoms with Crippen molar-refractivity contribution in [2.24, 2.45) is 0 Å². The number of aromatic nitrogens is 4. The number of carbonyl (C=O) groups is 1. The van der Waals surface area contributed by atoms with Crippen LogP contribution in [0, 0.1) is 6.92 Å². The van der Waals surface area contributed by atoms with Gasteiger partial charge >= 0.3 is 0 Å². The minimum absolute atomic E-state index is 0.0982. The highest BCUT2D eigenvalue weighted by atomic mass is 16.2. The molecule has 0 fully saturated rings. The number of hydrogen-bond donors (Lipinski definition) is 2. The van der Waals surface area contributed by atoms with Crippen LogP contribution < -0.4 is 11.1 Å². The van der Waals surface area contributed by atoms with Crippen molar-refractivity contribution in [1.29, 1.82) is 0 Å². The van der Waals surface area contributed by atoms with Gasteiger partial charge in [0.15, 0.2) is 5.82 Å². The number of benzene rings is 1. The number of nitrogens with two attached hydrogens (primary N) is 1. The molecular formula is C25H27N7O. The van der Waals surface area contributed by atoms with Gasteiger partial charge in [0.1, 0.15) is 12.4 Å². The molecule has 1 aromatic carbocycles. The zero-order chi connectivity index (χ0) is 23.1. The molecule has 0 spiro atoms. The van der Waals surface area contributed by atoms with Gasteiger partial charge in [-0.2, -0.15) is 5.10 Å². The lowest BCUT2D eigenvalue weighted by atomic mass is 9.99. The van der Waals surface area contributed by atoms with E-state index in [9.17, 15) is 4.79 Å². The lowest BCUT2D eigenvalue weighted by Gasteiger charge is -2.24. The quantitative estimate of drug-likeness (QED) is 0.498. The van der Waals surface area contributed by atoms with Crippen LogP contribution >= 0.6 is 0 Å². The van der Waals surface area contributed by atoms with Crippen molar-refractivity contribution in [1.82, 2.24) is 24.6 Å². The molecule has 3 N–H and O–H groups in total. The summed E-state index contributed by atoms with van der Waals surface area (Å²) in [6.45, 7) is 7.05. The number of pyridine rings is 2. The number of anilines is 3. The standard InChI is InChI=1S/C25H27N7O/c1-15(2)31-7-6-20-10-24(30-32(20)14-25(31)33)29-23-9-19-8-17(4-5-18(19)11-28-23)21-12-27-13-22(26)16(21)3/h4-5,8-13,15H,6-7,14,26H2,1-3H3,(H,28,29,30). The van der Waals surface area contributed by atoms with E-state index < -0.39 is 0 Å². The summed E-state index contributed by atoms with van der Waals surface area (Å²) >= 11 is 0. The Kier molecular flexibility index (Phi) is 5.20. The molecule has 8 nitrogen and oxygen atoms in total.